The number of hydrogen-bond acceptors (Lipinski definition) is 2. The van der Waals surface area contributed by atoms with Crippen LogP contribution in [-0.4, -0.2) is 5.11 Å². The van der Waals surface area contributed by atoms with Gasteiger partial charge >= 0.3 is 0 Å². The van der Waals surface area contributed by atoms with Crippen LogP contribution >= 0.6 is 0 Å². The highest BCUT2D eigenvalue weighted by molar-refractivity contribution is 5.18. The smallest absolute Gasteiger partial charge is 0.106 e. The minimum atomic E-state index is -0.395. The Balaban J connectivity index is 2.84. The van der Waals surface area contributed by atoms with E-state index >= 15 is 0 Å². The van der Waals surface area contributed by atoms with Crippen LogP contribution in [0.2, 0.25) is 0 Å². The van der Waals surface area contributed by atoms with Crippen molar-refractivity contribution in [3.63, 3.8) is 0 Å². The molecule has 0 amide bonds. The first kappa shape index (κ1) is 8.34. The average molecular weight is 154 g/mol. The van der Waals surface area contributed by atoms with E-state index in [1.54, 1.807) is 6.26 Å². The molecular formula is C9H14O2. The number of aryl methyl sites for hydroxylation is 1. The zero-order valence-electron chi connectivity index (χ0n) is 7.16. The lowest BCUT2D eigenvalue weighted by molar-refractivity contribution is 0.125. The summed E-state index contributed by atoms with van der Waals surface area (Å²) in [6, 6.07) is 1.82. The Morgan fingerprint density at radius 3 is 2.45 bits per heavy atom. The maximum absolute atomic E-state index is 9.61. The van der Waals surface area contributed by atoms with Crippen LogP contribution in [0.5, 0.6) is 0 Å². The van der Waals surface area contributed by atoms with E-state index in [4.69, 9.17) is 4.42 Å². The van der Waals surface area contributed by atoms with Crippen LogP contribution in [0.25, 0.3) is 0 Å². The van der Waals surface area contributed by atoms with Crippen LogP contribution in [0.1, 0.15) is 31.3 Å². The van der Waals surface area contributed by atoms with Gasteiger partial charge in [0.1, 0.15) is 5.76 Å². The molecule has 1 aromatic heterocycles. The van der Waals surface area contributed by atoms with Crippen molar-refractivity contribution in [2.45, 2.75) is 26.9 Å². The van der Waals surface area contributed by atoms with Crippen molar-refractivity contribution >= 4 is 0 Å². The highest BCUT2D eigenvalue weighted by Gasteiger charge is 2.15. The van der Waals surface area contributed by atoms with Crippen molar-refractivity contribution in [3.05, 3.63) is 23.7 Å². The minimum Gasteiger partial charge on any atom is -0.469 e. The molecule has 2 nitrogen and oxygen atoms in total. The molecular weight excluding hydrogens is 140 g/mol. The minimum absolute atomic E-state index is 0.242. The number of furan rings is 1. The summed E-state index contributed by atoms with van der Waals surface area (Å²) in [4.78, 5) is 0. The molecule has 1 rings (SSSR count). The molecule has 0 bridgehead atoms. The van der Waals surface area contributed by atoms with Gasteiger partial charge in [-0.25, -0.2) is 0 Å². The topological polar surface area (TPSA) is 33.4 Å². The molecule has 0 aliphatic carbocycles. The quantitative estimate of drug-likeness (QED) is 0.709. The fraction of sp³-hybridized carbons (Fsp3) is 0.556. The third-order valence-corrected chi connectivity index (χ3v) is 1.85. The summed E-state index contributed by atoms with van der Waals surface area (Å²) in [5.41, 5.74) is 0.903. The molecule has 1 atom stereocenters. The van der Waals surface area contributed by atoms with Crippen molar-refractivity contribution in [2.75, 3.05) is 0 Å². The SMILES string of the molecule is Cc1occc1C(O)C(C)C. The number of aliphatic hydroxyl groups excluding tert-OH is 1. The summed E-state index contributed by atoms with van der Waals surface area (Å²) in [7, 11) is 0. The predicted molar refractivity (Wildman–Crippen MR) is 43.2 cm³/mol. The van der Waals surface area contributed by atoms with Crippen LogP contribution in [-0.2, 0) is 0 Å². The summed E-state index contributed by atoms with van der Waals surface area (Å²) in [6.45, 7) is 5.83. The summed E-state index contributed by atoms with van der Waals surface area (Å²) in [5, 5.41) is 9.61. The molecule has 1 heterocycles. The van der Waals surface area contributed by atoms with Gasteiger partial charge in [-0.05, 0) is 18.9 Å². The largest absolute Gasteiger partial charge is 0.469 e. The van der Waals surface area contributed by atoms with E-state index < -0.39 is 6.10 Å². The second-order valence-corrected chi connectivity index (χ2v) is 3.12. The Labute approximate surface area is 66.8 Å². The Morgan fingerprint density at radius 2 is 2.09 bits per heavy atom. The first-order valence-corrected chi connectivity index (χ1v) is 3.85. The molecule has 0 spiro atoms. The molecule has 62 valence electrons. The maximum Gasteiger partial charge on any atom is 0.106 e. The zero-order valence-corrected chi connectivity index (χ0v) is 7.16. The third kappa shape index (κ3) is 1.63. The molecule has 0 aliphatic heterocycles. The van der Waals surface area contributed by atoms with Crippen LogP contribution in [0.15, 0.2) is 16.7 Å². The lowest BCUT2D eigenvalue weighted by Gasteiger charge is -2.12. The van der Waals surface area contributed by atoms with Crippen LogP contribution in [0, 0.1) is 12.8 Å². The van der Waals surface area contributed by atoms with Gasteiger partial charge in [0.2, 0.25) is 0 Å². The zero-order chi connectivity index (χ0) is 8.43. The fourth-order valence-electron chi connectivity index (χ4n) is 1.06. The lowest BCUT2D eigenvalue weighted by Crippen LogP contribution is -2.05. The second-order valence-electron chi connectivity index (χ2n) is 3.12. The van der Waals surface area contributed by atoms with Gasteiger partial charge in [0.25, 0.3) is 0 Å². The maximum atomic E-state index is 9.61. The Kier molecular flexibility index (Phi) is 2.35. The van der Waals surface area contributed by atoms with Gasteiger partial charge in [-0.3, -0.25) is 0 Å². The van der Waals surface area contributed by atoms with Gasteiger partial charge in [0.05, 0.1) is 12.4 Å². The van der Waals surface area contributed by atoms with E-state index in [2.05, 4.69) is 0 Å². The van der Waals surface area contributed by atoms with Crippen molar-refractivity contribution in [2.24, 2.45) is 5.92 Å². The molecule has 0 aromatic carbocycles. The highest BCUT2D eigenvalue weighted by Crippen LogP contribution is 2.24. The molecule has 0 saturated heterocycles. The standard InChI is InChI=1S/C9H14O2/c1-6(2)9(10)8-4-5-11-7(8)3/h4-6,9-10H,1-3H3. The molecule has 11 heavy (non-hydrogen) atoms. The Morgan fingerprint density at radius 1 is 1.45 bits per heavy atom. The summed E-state index contributed by atoms with van der Waals surface area (Å²) >= 11 is 0. The van der Waals surface area contributed by atoms with E-state index in [0.717, 1.165) is 11.3 Å². The summed E-state index contributed by atoms with van der Waals surface area (Å²) in [5.74, 6) is 1.05. The molecule has 1 unspecified atom stereocenters. The van der Waals surface area contributed by atoms with E-state index in [-0.39, 0.29) is 5.92 Å². The molecule has 1 aromatic rings. The molecule has 0 fully saturated rings. The Bertz CT molecular complexity index is 225. The molecule has 2 heteroatoms. The van der Waals surface area contributed by atoms with E-state index in [1.165, 1.54) is 0 Å². The van der Waals surface area contributed by atoms with Crippen molar-refractivity contribution in [1.29, 1.82) is 0 Å². The number of rotatable bonds is 2. The third-order valence-electron chi connectivity index (χ3n) is 1.85. The monoisotopic (exact) mass is 154 g/mol. The normalized spacial score (nSPS) is 13.9. The van der Waals surface area contributed by atoms with Gasteiger partial charge in [-0.2, -0.15) is 0 Å². The summed E-state index contributed by atoms with van der Waals surface area (Å²) in [6.07, 6.45) is 1.21. The highest BCUT2D eigenvalue weighted by atomic mass is 16.3. The molecule has 0 saturated carbocycles. The average Bonchev–Trinajstić information content (AvgIpc) is 2.33. The fourth-order valence-corrected chi connectivity index (χ4v) is 1.06. The predicted octanol–water partition coefficient (Wildman–Crippen LogP) is 2.28. The number of aliphatic hydroxyl groups is 1. The first-order valence-electron chi connectivity index (χ1n) is 3.85. The summed E-state index contributed by atoms with van der Waals surface area (Å²) < 4.78 is 5.08. The van der Waals surface area contributed by atoms with Gasteiger partial charge in [0, 0.05) is 5.56 Å². The van der Waals surface area contributed by atoms with E-state index in [1.807, 2.05) is 26.8 Å². The molecule has 1 N–H and O–H groups in total. The van der Waals surface area contributed by atoms with Crippen molar-refractivity contribution in [1.82, 2.24) is 0 Å². The lowest BCUT2D eigenvalue weighted by atomic mass is 10.0. The van der Waals surface area contributed by atoms with Crippen LogP contribution in [0.4, 0.5) is 0 Å². The van der Waals surface area contributed by atoms with Gasteiger partial charge in [-0.15, -0.1) is 0 Å². The Hall–Kier alpha value is -0.760. The van der Waals surface area contributed by atoms with Crippen molar-refractivity contribution < 1.29 is 9.52 Å². The van der Waals surface area contributed by atoms with E-state index in [9.17, 15) is 5.11 Å². The second kappa shape index (κ2) is 3.09. The van der Waals surface area contributed by atoms with Crippen LogP contribution in [0.3, 0.4) is 0 Å². The number of hydrogen-bond donors (Lipinski definition) is 1. The molecule has 0 radical (unpaired) electrons. The van der Waals surface area contributed by atoms with Crippen molar-refractivity contribution in [3.8, 4) is 0 Å². The van der Waals surface area contributed by atoms with Crippen LogP contribution < -0.4 is 0 Å². The first-order chi connectivity index (χ1) is 5.13. The van der Waals surface area contributed by atoms with Gasteiger partial charge in [-0.1, -0.05) is 13.8 Å². The van der Waals surface area contributed by atoms with Gasteiger partial charge in [0.15, 0.2) is 0 Å². The van der Waals surface area contributed by atoms with E-state index in [0.29, 0.717) is 0 Å². The molecule has 0 aliphatic rings. The van der Waals surface area contributed by atoms with Gasteiger partial charge < -0.3 is 9.52 Å².